The molecular formula is C37H43F4N8O3+. The molecule has 15 heteroatoms. The zero-order valence-corrected chi connectivity index (χ0v) is 29.3. The second-order valence-electron chi connectivity index (χ2n) is 14.2. The Hall–Kier alpha value is -4.76. The third-order valence-corrected chi connectivity index (χ3v) is 10.8. The Labute approximate surface area is 299 Å². The summed E-state index contributed by atoms with van der Waals surface area (Å²) in [5.41, 5.74) is 2.35. The first kappa shape index (κ1) is 35.6. The van der Waals surface area contributed by atoms with Crippen LogP contribution in [0.1, 0.15) is 35.7 Å². The Bertz CT molecular complexity index is 1950. The summed E-state index contributed by atoms with van der Waals surface area (Å²) in [4.78, 5) is 39.7. The molecule has 2 aromatic heterocycles. The summed E-state index contributed by atoms with van der Waals surface area (Å²) in [6.45, 7) is 6.10. The average Bonchev–Trinajstić information content (AvgIpc) is 3.56. The van der Waals surface area contributed by atoms with E-state index in [1.165, 1.54) is 29.5 Å². The van der Waals surface area contributed by atoms with Gasteiger partial charge < -0.3 is 29.7 Å². The van der Waals surface area contributed by atoms with Crippen LogP contribution in [0.25, 0.3) is 16.9 Å². The number of piperidine rings is 1. The minimum atomic E-state index is -3.30. The van der Waals surface area contributed by atoms with Crippen LogP contribution in [-0.2, 0) is 11.2 Å². The Balaban J connectivity index is 0.988. The van der Waals surface area contributed by atoms with Gasteiger partial charge in [-0.15, -0.1) is 0 Å². The van der Waals surface area contributed by atoms with Crippen molar-refractivity contribution in [2.45, 2.75) is 32.8 Å². The maximum atomic E-state index is 14.9. The van der Waals surface area contributed by atoms with Crippen LogP contribution in [-0.4, -0.2) is 113 Å². The largest absolute Gasteiger partial charge is 0.432 e. The van der Waals surface area contributed by atoms with Crippen molar-refractivity contribution >= 4 is 29.0 Å². The number of nitrogens with zero attached hydrogens (tertiary/aromatic N) is 6. The van der Waals surface area contributed by atoms with Crippen LogP contribution in [0.5, 0.6) is 5.75 Å². The second kappa shape index (κ2) is 14.7. The van der Waals surface area contributed by atoms with Crippen molar-refractivity contribution in [3.63, 3.8) is 0 Å². The van der Waals surface area contributed by atoms with Gasteiger partial charge >= 0.3 is 6.61 Å². The molecule has 11 nitrogen and oxygen atoms in total. The van der Waals surface area contributed by atoms with E-state index in [0.29, 0.717) is 55.3 Å². The number of hydrogen-bond acceptors (Lipinski definition) is 7. The molecule has 0 spiro atoms. The normalized spacial score (nSPS) is 21.0. The molecule has 0 saturated carbocycles. The fourth-order valence-electron chi connectivity index (χ4n) is 7.71. The van der Waals surface area contributed by atoms with E-state index >= 15 is 0 Å². The molecule has 3 saturated heterocycles. The number of halogens is 4. The Morgan fingerprint density at radius 3 is 2.42 bits per heavy atom. The molecule has 2 amide bonds. The number of rotatable bonds is 10. The van der Waals surface area contributed by atoms with Gasteiger partial charge in [0.15, 0.2) is 23.0 Å². The molecule has 2 aromatic carbocycles. The van der Waals surface area contributed by atoms with Gasteiger partial charge in [-0.2, -0.15) is 13.2 Å². The minimum Gasteiger partial charge on any atom is -0.432 e. The van der Waals surface area contributed by atoms with E-state index in [2.05, 4.69) is 32.4 Å². The van der Waals surface area contributed by atoms with Gasteiger partial charge in [0.2, 0.25) is 11.7 Å². The number of carbonyl (C=O) groups is 2. The number of nitrogens with one attached hydrogen (secondary N) is 2. The fourth-order valence-corrected chi connectivity index (χ4v) is 7.71. The first-order valence-corrected chi connectivity index (χ1v) is 17.8. The average molecular weight is 724 g/mol. The van der Waals surface area contributed by atoms with E-state index in [-0.39, 0.29) is 29.0 Å². The molecule has 3 aliphatic rings. The molecule has 276 valence electrons. The van der Waals surface area contributed by atoms with Crippen molar-refractivity contribution in [1.29, 1.82) is 0 Å². The number of ether oxygens (including phenoxy) is 1. The highest BCUT2D eigenvalue weighted by atomic mass is 19.3. The molecule has 5 heterocycles. The van der Waals surface area contributed by atoms with E-state index in [0.717, 1.165) is 67.1 Å². The van der Waals surface area contributed by atoms with Crippen LogP contribution in [0.2, 0.25) is 0 Å². The maximum absolute atomic E-state index is 14.9. The van der Waals surface area contributed by atoms with Gasteiger partial charge in [0.05, 0.1) is 38.6 Å². The molecule has 3 fully saturated rings. The number of aromatic nitrogens is 3. The summed E-state index contributed by atoms with van der Waals surface area (Å²) < 4.78 is 61.3. The molecule has 3 aliphatic heterocycles. The minimum absolute atomic E-state index is 0.0551. The highest BCUT2D eigenvalue weighted by Crippen LogP contribution is 2.33. The molecule has 0 radical (unpaired) electrons. The van der Waals surface area contributed by atoms with Crippen molar-refractivity contribution in [2.24, 2.45) is 11.8 Å². The van der Waals surface area contributed by atoms with Crippen LogP contribution in [0.4, 0.5) is 29.1 Å². The third kappa shape index (κ3) is 7.16. The highest BCUT2D eigenvalue weighted by Gasteiger charge is 2.38. The Kier molecular flexibility index (Phi) is 10.1. The van der Waals surface area contributed by atoms with Gasteiger partial charge in [-0.3, -0.25) is 14.0 Å². The van der Waals surface area contributed by atoms with Crippen molar-refractivity contribution in [1.82, 2.24) is 29.5 Å². The monoisotopic (exact) mass is 723 g/mol. The molecule has 0 atom stereocenters. The summed E-state index contributed by atoms with van der Waals surface area (Å²) >= 11 is 0. The van der Waals surface area contributed by atoms with Crippen molar-refractivity contribution in [2.75, 3.05) is 71.3 Å². The molecule has 52 heavy (non-hydrogen) atoms. The Morgan fingerprint density at radius 2 is 1.75 bits per heavy atom. The lowest BCUT2D eigenvalue weighted by atomic mass is 9.91. The third-order valence-electron chi connectivity index (χ3n) is 10.8. The van der Waals surface area contributed by atoms with Gasteiger partial charge in [-0.05, 0) is 42.3 Å². The zero-order valence-electron chi connectivity index (χ0n) is 29.3. The van der Waals surface area contributed by atoms with Crippen LogP contribution < -0.4 is 15.4 Å². The molecule has 2 N–H and O–H groups in total. The summed E-state index contributed by atoms with van der Waals surface area (Å²) in [7, 11) is 2.32. The van der Waals surface area contributed by atoms with Gasteiger partial charge in [0, 0.05) is 93.2 Å². The molecule has 0 aliphatic carbocycles. The maximum Gasteiger partial charge on any atom is 0.387 e. The summed E-state index contributed by atoms with van der Waals surface area (Å²) in [5.74, 6) is -2.51. The first-order valence-electron chi connectivity index (χ1n) is 17.8. The highest BCUT2D eigenvalue weighted by molar-refractivity contribution is 5.96. The number of likely N-dealkylation sites (tertiary alicyclic amines) is 1. The topological polar surface area (TPSA) is 104 Å². The fraction of sp³-hybridized carbons (Fsp3) is 0.459. The first-order chi connectivity index (χ1) is 25.0. The lowest BCUT2D eigenvalue weighted by Gasteiger charge is -2.45. The molecular weight excluding hydrogens is 680 g/mol. The number of benzene rings is 2. The number of piperazine rings is 1. The molecule has 4 aromatic rings. The van der Waals surface area contributed by atoms with Crippen LogP contribution >= 0.6 is 0 Å². The number of anilines is 2. The quantitative estimate of drug-likeness (QED) is 0.177. The van der Waals surface area contributed by atoms with Crippen LogP contribution in [0, 0.1) is 23.5 Å². The van der Waals surface area contributed by atoms with E-state index in [1.54, 1.807) is 12.1 Å². The van der Waals surface area contributed by atoms with Crippen LogP contribution in [0.15, 0.2) is 48.9 Å². The number of carbonyl (C=O) groups excluding carboxylic acids is 2. The number of imidazole rings is 1. The zero-order chi connectivity index (χ0) is 36.6. The van der Waals surface area contributed by atoms with Gasteiger partial charge in [-0.25, -0.2) is 14.4 Å². The number of quaternary nitrogens is 1. The number of amides is 2. The molecule has 0 bridgehead atoms. The van der Waals surface area contributed by atoms with E-state index < -0.39 is 24.0 Å². The lowest BCUT2D eigenvalue weighted by Crippen LogP contribution is -2.59. The second-order valence-corrected chi connectivity index (χ2v) is 14.2. The molecule has 0 unspecified atom stereocenters. The smallest absolute Gasteiger partial charge is 0.387 e. The number of aryl methyl sites for hydroxylation is 1. The predicted octanol–water partition coefficient (Wildman–Crippen LogP) is 4.94. The number of alkyl halides is 2. The van der Waals surface area contributed by atoms with Crippen molar-refractivity contribution in [3.8, 4) is 17.0 Å². The van der Waals surface area contributed by atoms with Crippen molar-refractivity contribution in [3.05, 3.63) is 71.7 Å². The van der Waals surface area contributed by atoms with E-state index in [4.69, 9.17) is 0 Å². The number of hydrogen-bond donors (Lipinski definition) is 2. The van der Waals surface area contributed by atoms with Gasteiger partial charge in [0.1, 0.15) is 0 Å². The SMILES string of the molecule is CCc1cc(Nc2nccn3c(-c4ccc(OC(F)F)c(F)c4F)cnc23)ccc1C(=O)N1CCN(C(=O)C2CC[N+](C)(CC3CNC3)CC2)CC1. The van der Waals surface area contributed by atoms with Gasteiger partial charge in [-0.1, -0.05) is 6.92 Å². The molecule has 7 rings (SSSR count). The summed E-state index contributed by atoms with van der Waals surface area (Å²) in [6, 6.07) is 7.50. The summed E-state index contributed by atoms with van der Waals surface area (Å²) in [6.07, 6.45) is 6.73. The predicted molar refractivity (Wildman–Crippen MR) is 186 cm³/mol. The van der Waals surface area contributed by atoms with Gasteiger partial charge in [0.25, 0.3) is 5.91 Å². The van der Waals surface area contributed by atoms with E-state index in [9.17, 15) is 27.2 Å². The van der Waals surface area contributed by atoms with Crippen LogP contribution in [0.3, 0.4) is 0 Å². The lowest BCUT2D eigenvalue weighted by molar-refractivity contribution is -0.918. The van der Waals surface area contributed by atoms with Crippen molar-refractivity contribution < 1.29 is 36.4 Å². The Morgan fingerprint density at radius 1 is 1.02 bits per heavy atom. The standard InChI is InChI=1S/C37H42F4N8O3/c1-3-24-18-26(45-33-34-44-21-29(48(34)11-10-43-33)28-6-7-30(52-37(40)41)32(39)31(28)38)4-5-27(24)36(51)47-14-12-46(13-15-47)35(50)25-8-16-49(2,17-9-25)22-23-19-42-20-23/h4-7,10-11,18,21,23,25,37,42H,3,8-9,12-17,19-20,22H2,1-2H3/p+1. The number of fused-ring (bicyclic) bond motifs is 1. The summed E-state index contributed by atoms with van der Waals surface area (Å²) in [5, 5.41) is 6.57. The van der Waals surface area contributed by atoms with E-state index in [1.807, 2.05) is 22.8 Å².